The van der Waals surface area contributed by atoms with E-state index in [9.17, 15) is 14.0 Å². The average molecular weight is 247 g/mol. The minimum absolute atomic E-state index is 0.129. The van der Waals surface area contributed by atoms with Crippen molar-refractivity contribution >= 4 is 11.9 Å². The number of alkyl halides is 1. The number of carboxylic acid groups (broad SMARTS) is 1. The predicted molar refractivity (Wildman–Crippen MR) is 63.6 cm³/mol. The van der Waals surface area contributed by atoms with E-state index in [4.69, 9.17) is 5.11 Å². The summed E-state index contributed by atoms with van der Waals surface area (Å²) in [7, 11) is 1.50. The van der Waals surface area contributed by atoms with Crippen LogP contribution in [0, 0.1) is 0 Å². The van der Waals surface area contributed by atoms with Crippen LogP contribution in [0.15, 0.2) is 0 Å². The first-order chi connectivity index (χ1) is 8.07. The largest absolute Gasteiger partial charge is 0.480 e. The molecule has 0 fully saturated rings. The summed E-state index contributed by atoms with van der Waals surface area (Å²) >= 11 is 0. The third kappa shape index (κ3) is 9.78. The Morgan fingerprint density at radius 1 is 1.06 bits per heavy atom. The second kappa shape index (κ2) is 10.1. The highest BCUT2D eigenvalue weighted by Gasteiger charge is 2.10. The van der Waals surface area contributed by atoms with Gasteiger partial charge in [-0.15, -0.1) is 0 Å². The number of halogens is 1. The zero-order valence-corrected chi connectivity index (χ0v) is 10.5. The van der Waals surface area contributed by atoms with Crippen molar-refractivity contribution in [2.24, 2.45) is 0 Å². The maximum Gasteiger partial charge on any atom is 0.323 e. The molecule has 0 aromatic heterocycles. The number of hydrogen-bond acceptors (Lipinski definition) is 2. The first kappa shape index (κ1) is 15.9. The van der Waals surface area contributed by atoms with Crippen LogP contribution in [-0.4, -0.2) is 42.1 Å². The van der Waals surface area contributed by atoms with Crippen molar-refractivity contribution in [3.05, 3.63) is 0 Å². The van der Waals surface area contributed by atoms with Gasteiger partial charge in [0.25, 0.3) is 0 Å². The van der Waals surface area contributed by atoms with Crippen LogP contribution >= 0.6 is 0 Å². The SMILES string of the molecule is CN(CC(=O)O)C(=O)CCCCCCCCF. The van der Waals surface area contributed by atoms with Crippen molar-refractivity contribution < 1.29 is 19.1 Å². The van der Waals surface area contributed by atoms with E-state index in [2.05, 4.69) is 0 Å². The van der Waals surface area contributed by atoms with Crippen molar-refractivity contribution in [3.63, 3.8) is 0 Å². The number of aliphatic carboxylic acids is 1. The first-order valence-corrected chi connectivity index (χ1v) is 6.09. The van der Waals surface area contributed by atoms with Crippen LogP contribution in [0.25, 0.3) is 0 Å². The summed E-state index contributed by atoms with van der Waals surface area (Å²) in [6.07, 6.45) is 5.66. The maximum absolute atomic E-state index is 11.8. The Hall–Kier alpha value is -1.13. The van der Waals surface area contributed by atoms with Gasteiger partial charge in [0, 0.05) is 13.5 Å². The molecule has 0 spiro atoms. The Bertz CT molecular complexity index is 234. The van der Waals surface area contributed by atoms with Gasteiger partial charge in [-0.3, -0.25) is 14.0 Å². The highest BCUT2D eigenvalue weighted by atomic mass is 19.1. The fraction of sp³-hybridized carbons (Fsp3) is 0.833. The Kier molecular flexibility index (Phi) is 9.38. The van der Waals surface area contributed by atoms with Crippen LogP contribution in [0.2, 0.25) is 0 Å². The summed E-state index contributed by atoms with van der Waals surface area (Å²) in [5.74, 6) is -1.12. The first-order valence-electron chi connectivity index (χ1n) is 6.09. The molecule has 17 heavy (non-hydrogen) atoms. The van der Waals surface area contributed by atoms with E-state index in [1.54, 1.807) is 0 Å². The Morgan fingerprint density at radius 2 is 1.59 bits per heavy atom. The van der Waals surface area contributed by atoms with Gasteiger partial charge in [0.15, 0.2) is 0 Å². The highest BCUT2D eigenvalue weighted by molar-refractivity contribution is 5.80. The second-order valence-corrected chi connectivity index (χ2v) is 4.20. The minimum Gasteiger partial charge on any atom is -0.480 e. The van der Waals surface area contributed by atoms with Crippen LogP contribution in [0.4, 0.5) is 4.39 Å². The van der Waals surface area contributed by atoms with E-state index in [1.807, 2.05) is 0 Å². The number of amides is 1. The molecule has 0 unspecified atom stereocenters. The van der Waals surface area contributed by atoms with Crippen LogP contribution < -0.4 is 0 Å². The Balaban J connectivity index is 3.41. The standard InChI is InChI=1S/C12H22FNO3/c1-14(10-12(16)17)11(15)8-6-4-2-3-5-7-9-13/h2-10H2,1H3,(H,16,17). The lowest BCUT2D eigenvalue weighted by Gasteiger charge is -2.14. The van der Waals surface area contributed by atoms with Crippen LogP contribution in [0.1, 0.15) is 44.9 Å². The average Bonchev–Trinajstić information content (AvgIpc) is 2.26. The van der Waals surface area contributed by atoms with Gasteiger partial charge in [0.1, 0.15) is 6.54 Å². The number of carbonyl (C=O) groups is 2. The predicted octanol–water partition coefficient (Wildman–Crippen LogP) is 2.23. The van der Waals surface area contributed by atoms with Crippen molar-refractivity contribution in [3.8, 4) is 0 Å². The molecule has 0 aliphatic heterocycles. The molecule has 0 saturated carbocycles. The van der Waals surface area contributed by atoms with Crippen molar-refractivity contribution in [1.82, 2.24) is 4.90 Å². The van der Waals surface area contributed by atoms with Gasteiger partial charge in [-0.05, 0) is 12.8 Å². The fourth-order valence-electron chi connectivity index (χ4n) is 1.56. The zero-order chi connectivity index (χ0) is 13.1. The Labute approximate surface area is 102 Å². The zero-order valence-electron chi connectivity index (χ0n) is 10.5. The third-order valence-corrected chi connectivity index (χ3v) is 2.57. The summed E-state index contributed by atoms with van der Waals surface area (Å²) < 4.78 is 11.8. The molecule has 5 heteroatoms. The molecule has 0 aromatic rings. The summed E-state index contributed by atoms with van der Waals surface area (Å²) in [5.41, 5.74) is 0. The lowest BCUT2D eigenvalue weighted by atomic mass is 10.1. The molecule has 0 radical (unpaired) electrons. The van der Waals surface area contributed by atoms with Crippen molar-refractivity contribution in [1.29, 1.82) is 0 Å². The number of carbonyl (C=O) groups excluding carboxylic acids is 1. The van der Waals surface area contributed by atoms with Gasteiger partial charge in [0.2, 0.25) is 5.91 Å². The lowest BCUT2D eigenvalue weighted by molar-refractivity contribution is -0.143. The van der Waals surface area contributed by atoms with Gasteiger partial charge >= 0.3 is 5.97 Å². The molecule has 100 valence electrons. The van der Waals surface area contributed by atoms with Gasteiger partial charge in [-0.1, -0.05) is 25.7 Å². The Morgan fingerprint density at radius 3 is 2.12 bits per heavy atom. The molecule has 0 saturated heterocycles. The van der Waals surface area contributed by atoms with Crippen LogP contribution in [0.5, 0.6) is 0 Å². The molecular weight excluding hydrogens is 225 g/mol. The molecule has 0 heterocycles. The fourth-order valence-corrected chi connectivity index (χ4v) is 1.56. The molecule has 1 N–H and O–H groups in total. The van der Waals surface area contributed by atoms with E-state index < -0.39 is 5.97 Å². The third-order valence-electron chi connectivity index (χ3n) is 2.57. The number of nitrogens with zero attached hydrogens (tertiary/aromatic N) is 1. The topological polar surface area (TPSA) is 57.6 Å². The maximum atomic E-state index is 11.8. The lowest BCUT2D eigenvalue weighted by Crippen LogP contribution is -2.31. The summed E-state index contributed by atoms with van der Waals surface area (Å²) in [5, 5.41) is 8.50. The van der Waals surface area contributed by atoms with Gasteiger partial charge in [-0.2, -0.15) is 0 Å². The molecule has 1 amide bonds. The highest BCUT2D eigenvalue weighted by Crippen LogP contribution is 2.08. The van der Waals surface area contributed by atoms with E-state index >= 15 is 0 Å². The van der Waals surface area contributed by atoms with Crippen molar-refractivity contribution in [2.75, 3.05) is 20.3 Å². The van der Waals surface area contributed by atoms with Gasteiger partial charge < -0.3 is 10.0 Å². The van der Waals surface area contributed by atoms with Crippen molar-refractivity contribution in [2.45, 2.75) is 44.9 Å². The van der Waals surface area contributed by atoms with E-state index in [1.165, 1.54) is 11.9 Å². The minimum atomic E-state index is -0.993. The second-order valence-electron chi connectivity index (χ2n) is 4.20. The molecule has 0 aliphatic carbocycles. The van der Waals surface area contributed by atoms with E-state index in [-0.39, 0.29) is 19.1 Å². The molecule has 0 aliphatic rings. The quantitative estimate of drug-likeness (QED) is 0.602. The number of rotatable bonds is 10. The molecule has 4 nitrogen and oxygen atoms in total. The van der Waals surface area contributed by atoms with Crippen LogP contribution in [-0.2, 0) is 9.59 Å². The smallest absolute Gasteiger partial charge is 0.323 e. The summed E-state index contributed by atoms with van der Waals surface area (Å²) in [6.45, 7) is -0.492. The molecular formula is C12H22FNO3. The molecule has 0 rings (SSSR count). The molecule has 0 aromatic carbocycles. The monoisotopic (exact) mass is 247 g/mol. The number of hydrogen-bond donors (Lipinski definition) is 1. The molecule has 0 bridgehead atoms. The summed E-state index contributed by atoms with van der Waals surface area (Å²) in [4.78, 5) is 23.0. The van der Waals surface area contributed by atoms with E-state index in [0.29, 0.717) is 12.8 Å². The number of likely N-dealkylation sites (N-methyl/N-ethyl adjacent to an activating group) is 1. The van der Waals surface area contributed by atoms with E-state index in [0.717, 1.165) is 32.1 Å². The van der Waals surface area contributed by atoms with Gasteiger partial charge in [0.05, 0.1) is 6.67 Å². The summed E-state index contributed by atoms with van der Waals surface area (Å²) in [6, 6.07) is 0. The van der Waals surface area contributed by atoms with Gasteiger partial charge in [-0.25, -0.2) is 0 Å². The number of carboxylic acids is 1. The van der Waals surface area contributed by atoms with Crippen LogP contribution in [0.3, 0.4) is 0 Å². The normalized spacial score (nSPS) is 10.2. The number of unbranched alkanes of at least 4 members (excludes halogenated alkanes) is 5. The molecule has 0 atom stereocenters.